The van der Waals surface area contributed by atoms with Crippen molar-refractivity contribution in [3.05, 3.63) is 29.8 Å². The molecule has 0 saturated carbocycles. The SMILES string of the molecule is C[C@H](NS(=O)(=O)c1ccc(C(C)(C)C)cc1)C(=O)O[C@@H](C)C#N. The fraction of sp³-hybridized carbons (Fsp3) is 0.500. The van der Waals surface area contributed by atoms with Crippen molar-refractivity contribution in [1.29, 1.82) is 5.26 Å². The van der Waals surface area contributed by atoms with Gasteiger partial charge < -0.3 is 4.74 Å². The number of benzene rings is 1. The fourth-order valence-corrected chi connectivity index (χ4v) is 2.98. The molecule has 23 heavy (non-hydrogen) atoms. The lowest BCUT2D eigenvalue weighted by Crippen LogP contribution is -2.40. The first kappa shape index (κ1) is 19.1. The number of hydrogen-bond donors (Lipinski definition) is 1. The summed E-state index contributed by atoms with van der Waals surface area (Å²) in [5, 5.41) is 8.60. The van der Waals surface area contributed by atoms with Gasteiger partial charge in [0.25, 0.3) is 0 Å². The second-order valence-electron chi connectivity index (χ2n) is 6.33. The van der Waals surface area contributed by atoms with Crippen LogP contribution in [-0.4, -0.2) is 26.5 Å². The van der Waals surface area contributed by atoms with Gasteiger partial charge in [0.05, 0.1) is 4.90 Å². The van der Waals surface area contributed by atoms with Crippen LogP contribution in [0.2, 0.25) is 0 Å². The molecule has 0 radical (unpaired) electrons. The van der Waals surface area contributed by atoms with E-state index in [0.29, 0.717) is 0 Å². The molecule has 0 aliphatic rings. The Bertz CT molecular complexity index is 697. The zero-order valence-corrected chi connectivity index (χ0v) is 14.8. The van der Waals surface area contributed by atoms with Gasteiger partial charge in [-0.25, -0.2) is 8.42 Å². The van der Waals surface area contributed by atoms with Gasteiger partial charge in [-0.2, -0.15) is 9.98 Å². The van der Waals surface area contributed by atoms with Crippen molar-refractivity contribution < 1.29 is 17.9 Å². The highest BCUT2D eigenvalue weighted by Crippen LogP contribution is 2.23. The number of carbonyl (C=O) groups is 1. The molecule has 2 atom stereocenters. The summed E-state index contributed by atoms with van der Waals surface area (Å²) in [5.41, 5.74) is 0.923. The van der Waals surface area contributed by atoms with Crippen molar-refractivity contribution in [3.8, 4) is 6.07 Å². The summed E-state index contributed by atoms with van der Waals surface area (Å²) in [7, 11) is -3.84. The lowest BCUT2D eigenvalue weighted by molar-refractivity contribution is -0.147. The topological polar surface area (TPSA) is 96.3 Å². The van der Waals surface area contributed by atoms with Gasteiger partial charge in [-0.3, -0.25) is 4.79 Å². The van der Waals surface area contributed by atoms with Gasteiger partial charge in [0, 0.05) is 0 Å². The van der Waals surface area contributed by atoms with Gasteiger partial charge in [0.1, 0.15) is 12.1 Å². The smallest absolute Gasteiger partial charge is 0.325 e. The Kier molecular flexibility index (Phi) is 5.92. The molecular weight excluding hydrogens is 316 g/mol. The number of esters is 1. The maximum Gasteiger partial charge on any atom is 0.325 e. The zero-order chi connectivity index (χ0) is 17.8. The van der Waals surface area contributed by atoms with Gasteiger partial charge >= 0.3 is 5.97 Å². The minimum Gasteiger partial charge on any atom is -0.446 e. The first-order valence-corrected chi connectivity index (χ1v) is 8.68. The third-order valence-corrected chi connectivity index (χ3v) is 4.75. The van der Waals surface area contributed by atoms with Crippen LogP contribution in [-0.2, 0) is 25.0 Å². The number of nitrogens with one attached hydrogen (secondary N) is 1. The molecule has 0 aromatic heterocycles. The molecule has 0 amide bonds. The van der Waals surface area contributed by atoms with E-state index in [1.54, 1.807) is 18.2 Å². The summed E-state index contributed by atoms with van der Waals surface area (Å²) in [5.74, 6) is -0.797. The summed E-state index contributed by atoms with van der Waals surface area (Å²) in [6, 6.07) is 7.15. The molecule has 7 heteroatoms. The lowest BCUT2D eigenvalue weighted by Gasteiger charge is -2.19. The van der Waals surface area contributed by atoms with Crippen LogP contribution in [0.5, 0.6) is 0 Å². The molecule has 1 aromatic carbocycles. The summed E-state index contributed by atoms with van der Waals surface area (Å²) in [4.78, 5) is 11.8. The first-order chi connectivity index (χ1) is 10.5. The van der Waals surface area contributed by atoms with Crippen molar-refractivity contribution in [2.24, 2.45) is 0 Å². The predicted octanol–water partition coefficient (Wildman–Crippen LogP) is 2.11. The van der Waals surface area contributed by atoms with Crippen LogP contribution >= 0.6 is 0 Å². The van der Waals surface area contributed by atoms with E-state index in [-0.39, 0.29) is 10.3 Å². The Morgan fingerprint density at radius 2 is 1.74 bits per heavy atom. The van der Waals surface area contributed by atoms with E-state index in [1.807, 2.05) is 20.8 Å². The van der Waals surface area contributed by atoms with Crippen LogP contribution in [0.15, 0.2) is 29.2 Å². The number of rotatable bonds is 5. The maximum absolute atomic E-state index is 12.3. The van der Waals surface area contributed by atoms with E-state index >= 15 is 0 Å². The average molecular weight is 338 g/mol. The Morgan fingerprint density at radius 3 is 2.17 bits per heavy atom. The first-order valence-electron chi connectivity index (χ1n) is 7.20. The molecule has 1 rings (SSSR count). The van der Waals surface area contributed by atoms with Gasteiger partial charge in [-0.15, -0.1) is 0 Å². The third-order valence-electron chi connectivity index (χ3n) is 3.19. The van der Waals surface area contributed by atoms with Crippen LogP contribution in [0, 0.1) is 11.3 Å². The van der Waals surface area contributed by atoms with E-state index in [9.17, 15) is 13.2 Å². The van der Waals surface area contributed by atoms with Crippen LogP contribution in [0.1, 0.15) is 40.2 Å². The molecule has 0 aliphatic carbocycles. The molecule has 1 aromatic rings. The van der Waals surface area contributed by atoms with Crippen LogP contribution in [0.4, 0.5) is 0 Å². The second-order valence-corrected chi connectivity index (χ2v) is 8.04. The van der Waals surface area contributed by atoms with Gasteiger partial charge in [-0.1, -0.05) is 32.9 Å². The largest absolute Gasteiger partial charge is 0.446 e. The number of ether oxygens (including phenoxy) is 1. The monoisotopic (exact) mass is 338 g/mol. The zero-order valence-electron chi connectivity index (χ0n) is 14.0. The van der Waals surface area contributed by atoms with Crippen molar-refractivity contribution in [2.75, 3.05) is 0 Å². The highest BCUT2D eigenvalue weighted by Gasteiger charge is 2.24. The number of nitriles is 1. The Labute approximate surface area is 137 Å². The molecular formula is C16H22N2O4S. The number of hydrogen-bond acceptors (Lipinski definition) is 5. The van der Waals surface area contributed by atoms with Gasteiger partial charge in [0.15, 0.2) is 6.10 Å². The minimum absolute atomic E-state index is 0.0680. The lowest BCUT2D eigenvalue weighted by atomic mass is 9.87. The Balaban J connectivity index is 2.87. The minimum atomic E-state index is -3.84. The number of sulfonamides is 1. The van der Waals surface area contributed by atoms with Gasteiger partial charge in [-0.05, 0) is 37.0 Å². The highest BCUT2D eigenvalue weighted by molar-refractivity contribution is 7.89. The normalized spacial score (nSPS) is 14.6. The highest BCUT2D eigenvalue weighted by atomic mass is 32.2. The van der Waals surface area contributed by atoms with Crippen LogP contribution in [0.3, 0.4) is 0 Å². The molecule has 1 N–H and O–H groups in total. The molecule has 0 spiro atoms. The van der Waals surface area contributed by atoms with Gasteiger partial charge in [0.2, 0.25) is 10.0 Å². The van der Waals surface area contributed by atoms with E-state index in [0.717, 1.165) is 5.56 Å². The van der Waals surface area contributed by atoms with E-state index in [2.05, 4.69) is 4.72 Å². The van der Waals surface area contributed by atoms with E-state index in [1.165, 1.54) is 26.0 Å². The van der Waals surface area contributed by atoms with Crippen molar-refractivity contribution in [3.63, 3.8) is 0 Å². The van der Waals surface area contributed by atoms with Crippen molar-refractivity contribution >= 4 is 16.0 Å². The molecule has 0 saturated heterocycles. The maximum atomic E-state index is 12.3. The molecule has 0 heterocycles. The quantitative estimate of drug-likeness (QED) is 0.829. The van der Waals surface area contributed by atoms with Crippen LogP contribution < -0.4 is 4.72 Å². The summed E-state index contributed by atoms with van der Waals surface area (Å²) >= 11 is 0. The third kappa shape index (κ3) is 5.34. The fourth-order valence-electron chi connectivity index (χ4n) is 1.79. The summed E-state index contributed by atoms with van der Waals surface area (Å²) in [6.45, 7) is 8.87. The van der Waals surface area contributed by atoms with E-state index < -0.39 is 28.1 Å². The standard InChI is InChI=1S/C16H22N2O4S/c1-11(10-17)22-15(19)12(2)18-23(20,21)14-8-6-13(7-9-14)16(3,4)5/h6-9,11-12,18H,1-5H3/t11-,12-/m0/s1. The molecule has 126 valence electrons. The second kappa shape index (κ2) is 7.11. The van der Waals surface area contributed by atoms with Crippen LogP contribution in [0.25, 0.3) is 0 Å². The number of nitrogens with zero attached hydrogens (tertiary/aromatic N) is 1. The average Bonchev–Trinajstić information content (AvgIpc) is 2.45. The molecule has 0 unspecified atom stereocenters. The number of carbonyl (C=O) groups excluding carboxylic acids is 1. The molecule has 0 fully saturated rings. The molecule has 0 aliphatic heterocycles. The molecule has 6 nitrogen and oxygen atoms in total. The van der Waals surface area contributed by atoms with Crippen molar-refractivity contribution in [1.82, 2.24) is 4.72 Å². The summed E-state index contributed by atoms with van der Waals surface area (Å²) in [6.07, 6.45) is -0.930. The predicted molar refractivity (Wildman–Crippen MR) is 86.1 cm³/mol. The Hall–Kier alpha value is -1.91. The Morgan fingerprint density at radius 1 is 1.22 bits per heavy atom. The van der Waals surface area contributed by atoms with Crippen molar-refractivity contribution in [2.45, 2.75) is 57.1 Å². The van der Waals surface area contributed by atoms with E-state index in [4.69, 9.17) is 10.00 Å². The summed E-state index contributed by atoms with van der Waals surface area (Å²) < 4.78 is 31.6. The molecule has 0 bridgehead atoms.